The lowest BCUT2D eigenvalue weighted by Gasteiger charge is -2.27. The van der Waals surface area contributed by atoms with Crippen molar-refractivity contribution in [3.05, 3.63) is 23.8 Å². The molecule has 0 amide bonds. The highest BCUT2D eigenvalue weighted by Gasteiger charge is 2.17. The van der Waals surface area contributed by atoms with Crippen LogP contribution in [0.15, 0.2) is 28.3 Å². The lowest BCUT2D eigenvalue weighted by atomic mass is 10.1. The summed E-state index contributed by atoms with van der Waals surface area (Å²) in [7, 11) is 0. The molecule has 118 valence electrons. The summed E-state index contributed by atoms with van der Waals surface area (Å²) in [4.78, 5) is 3.08. The Bertz CT molecular complexity index is 466. The maximum absolute atomic E-state index is 9.30. The highest BCUT2D eigenvalue weighted by atomic mass is 32.2. The Hall–Kier alpha value is -1.40. The van der Waals surface area contributed by atoms with Crippen LogP contribution in [0.4, 0.5) is 5.69 Å². The van der Waals surface area contributed by atoms with Crippen molar-refractivity contribution in [1.29, 1.82) is 0 Å². The molecule has 0 saturated heterocycles. The minimum Gasteiger partial charge on any atom is -0.409 e. The Kier molecular flexibility index (Phi) is 8.00. The molecule has 1 rings (SSSR count). The number of hydrogen-bond acceptors (Lipinski definition) is 5. The van der Waals surface area contributed by atoms with E-state index >= 15 is 0 Å². The van der Waals surface area contributed by atoms with Crippen LogP contribution >= 0.6 is 11.8 Å². The van der Waals surface area contributed by atoms with Gasteiger partial charge in [-0.2, -0.15) is 0 Å². The number of amidine groups is 1. The Morgan fingerprint density at radius 1 is 1.33 bits per heavy atom. The molecule has 0 aliphatic carbocycles. The molecule has 0 spiro atoms. The first-order valence-electron chi connectivity index (χ1n) is 7.29. The Morgan fingerprint density at radius 3 is 2.67 bits per heavy atom. The van der Waals surface area contributed by atoms with Gasteiger partial charge < -0.3 is 20.9 Å². The topological polar surface area (TPSA) is 82.1 Å². The maximum atomic E-state index is 9.30. The smallest absolute Gasteiger partial charge is 0.173 e. The molecule has 0 aliphatic rings. The number of anilines is 1. The molecule has 0 atom stereocenters. The van der Waals surface area contributed by atoms with Crippen molar-refractivity contribution in [2.24, 2.45) is 10.9 Å². The van der Waals surface area contributed by atoms with Crippen molar-refractivity contribution >= 4 is 23.3 Å². The van der Waals surface area contributed by atoms with Crippen molar-refractivity contribution in [2.45, 2.75) is 31.6 Å². The van der Waals surface area contributed by atoms with E-state index in [9.17, 15) is 5.11 Å². The highest BCUT2D eigenvalue weighted by molar-refractivity contribution is 7.99. The average molecular weight is 311 g/mol. The SMILES string of the molecule is CCCCN(CCO)c1cccc(SCC)c1/C(N)=N/O. The highest BCUT2D eigenvalue weighted by Crippen LogP contribution is 2.31. The van der Waals surface area contributed by atoms with E-state index < -0.39 is 0 Å². The molecule has 1 aromatic rings. The van der Waals surface area contributed by atoms with Crippen LogP contribution in [-0.2, 0) is 0 Å². The van der Waals surface area contributed by atoms with Gasteiger partial charge in [-0.25, -0.2) is 0 Å². The first-order valence-corrected chi connectivity index (χ1v) is 8.27. The minimum atomic E-state index is 0.0739. The molecular formula is C15H25N3O2S. The zero-order valence-electron chi connectivity index (χ0n) is 12.7. The number of oxime groups is 1. The van der Waals surface area contributed by atoms with Gasteiger partial charge in [0.25, 0.3) is 0 Å². The monoisotopic (exact) mass is 311 g/mol. The second kappa shape index (κ2) is 9.52. The van der Waals surface area contributed by atoms with E-state index in [-0.39, 0.29) is 12.4 Å². The molecule has 0 aliphatic heterocycles. The van der Waals surface area contributed by atoms with Gasteiger partial charge in [0.2, 0.25) is 0 Å². The summed E-state index contributed by atoms with van der Waals surface area (Å²) in [6.45, 7) is 5.64. The summed E-state index contributed by atoms with van der Waals surface area (Å²) in [6.07, 6.45) is 2.10. The van der Waals surface area contributed by atoms with Crippen molar-refractivity contribution in [2.75, 3.05) is 30.3 Å². The summed E-state index contributed by atoms with van der Waals surface area (Å²) in [5.74, 6) is 1.02. The number of nitrogens with two attached hydrogens (primary N) is 1. The summed E-state index contributed by atoms with van der Waals surface area (Å²) in [6, 6.07) is 5.90. The molecule has 0 bridgehead atoms. The number of unbranched alkanes of at least 4 members (excludes halogenated alkanes) is 1. The minimum absolute atomic E-state index is 0.0739. The molecular weight excluding hydrogens is 286 g/mol. The van der Waals surface area contributed by atoms with Crippen molar-refractivity contribution in [1.82, 2.24) is 0 Å². The van der Waals surface area contributed by atoms with E-state index in [2.05, 4.69) is 23.9 Å². The van der Waals surface area contributed by atoms with Gasteiger partial charge in [-0.3, -0.25) is 0 Å². The molecule has 0 aromatic heterocycles. The number of aliphatic hydroxyl groups excluding tert-OH is 1. The van der Waals surface area contributed by atoms with Gasteiger partial charge in [-0.05, 0) is 24.3 Å². The van der Waals surface area contributed by atoms with Crippen molar-refractivity contribution in [3.8, 4) is 0 Å². The molecule has 0 saturated carbocycles. The molecule has 0 radical (unpaired) electrons. The zero-order chi connectivity index (χ0) is 15.7. The normalized spacial score (nSPS) is 11.7. The third-order valence-electron chi connectivity index (χ3n) is 3.16. The van der Waals surface area contributed by atoms with Crippen molar-refractivity contribution < 1.29 is 10.3 Å². The van der Waals surface area contributed by atoms with E-state index in [4.69, 9.17) is 10.9 Å². The standard InChI is InChI=1S/C15H25N3O2S/c1-3-5-9-18(10-11-19)12-7-6-8-13(21-4-2)14(12)15(16)17-20/h6-8,19-20H,3-5,9-11H2,1-2H3,(H2,16,17). The largest absolute Gasteiger partial charge is 0.409 e. The molecule has 6 heteroatoms. The number of nitrogens with zero attached hydrogens (tertiary/aromatic N) is 2. The van der Waals surface area contributed by atoms with Crippen LogP contribution in [0.3, 0.4) is 0 Å². The van der Waals surface area contributed by atoms with Crippen LogP contribution in [0.5, 0.6) is 0 Å². The summed E-state index contributed by atoms with van der Waals surface area (Å²) >= 11 is 1.66. The van der Waals surface area contributed by atoms with Gasteiger partial charge in [0.05, 0.1) is 12.2 Å². The fourth-order valence-corrected chi connectivity index (χ4v) is 3.03. The van der Waals surface area contributed by atoms with E-state index in [1.165, 1.54) is 0 Å². The van der Waals surface area contributed by atoms with Crippen LogP contribution in [0.2, 0.25) is 0 Å². The summed E-state index contributed by atoms with van der Waals surface area (Å²) in [5, 5.41) is 21.6. The summed E-state index contributed by atoms with van der Waals surface area (Å²) in [5.41, 5.74) is 7.54. The quantitative estimate of drug-likeness (QED) is 0.215. The number of benzene rings is 1. The van der Waals surface area contributed by atoms with E-state index in [0.717, 1.165) is 41.3 Å². The Morgan fingerprint density at radius 2 is 2.10 bits per heavy atom. The Labute approximate surface area is 130 Å². The number of hydrogen-bond donors (Lipinski definition) is 3. The van der Waals surface area contributed by atoms with Crippen LogP contribution in [0.25, 0.3) is 0 Å². The van der Waals surface area contributed by atoms with Gasteiger partial charge in [-0.1, -0.05) is 31.5 Å². The Balaban J connectivity index is 3.26. The third kappa shape index (κ3) is 4.82. The maximum Gasteiger partial charge on any atom is 0.173 e. The van der Waals surface area contributed by atoms with Gasteiger partial charge in [0.1, 0.15) is 0 Å². The van der Waals surface area contributed by atoms with E-state index in [1.54, 1.807) is 11.8 Å². The van der Waals surface area contributed by atoms with Crippen LogP contribution in [-0.4, -0.2) is 41.6 Å². The van der Waals surface area contributed by atoms with Crippen LogP contribution < -0.4 is 10.6 Å². The number of aliphatic hydroxyl groups is 1. The van der Waals surface area contributed by atoms with Crippen molar-refractivity contribution in [3.63, 3.8) is 0 Å². The molecule has 4 N–H and O–H groups in total. The van der Waals surface area contributed by atoms with E-state index in [0.29, 0.717) is 6.54 Å². The first kappa shape index (κ1) is 17.7. The predicted molar refractivity (Wildman–Crippen MR) is 89.6 cm³/mol. The molecule has 5 nitrogen and oxygen atoms in total. The molecule has 0 fully saturated rings. The molecule has 21 heavy (non-hydrogen) atoms. The summed E-state index contributed by atoms with van der Waals surface area (Å²) < 4.78 is 0. The fourth-order valence-electron chi connectivity index (χ4n) is 2.19. The fraction of sp³-hybridized carbons (Fsp3) is 0.533. The second-order valence-electron chi connectivity index (χ2n) is 4.63. The molecule has 0 unspecified atom stereocenters. The van der Waals surface area contributed by atoms with Gasteiger partial charge in [0, 0.05) is 23.7 Å². The average Bonchev–Trinajstić information content (AvgIpc) is 2.51. The molecule has 1 aromatic carbocycles. The second-order valence-corrected chi connectivity index (χ2v) is 5.94. The number of rotatable bonds is 9. The third-order valence-corrected chi connectivity index (χ3v) is 4.10. The number of thioether (sulfide) groups is 1. The van der Waals surface area contributed by atoms with Crippen LogP contribution in [0.1, 0.15) is 32.3 Å². The lowest BCUT2D eigenvalue weighted by Crippen LogP contribution is -2.30. The van der Waals surface area contributed by atoms with Gasteiger partial charge in [0.15, 0.2) is 5.84 Å². The van der Waals surface area contributed by atoms with Crippen LogP contribution in [0, 0.1) is 0 Å². The van der Waals surface area contributed by atoms with E-state index in [1.807, 2.05) is 18.2 Å². The predicted octanol–water partition coefficient (Wildman–Crippen LogP) is 2.49. The molecule has 0 heterocycles. The lowest BCUT2D eigenvalue weighted by molar-refractivity contribution is 0.301. The van der Waals surface area contributed by atoms with Gasteiger partial charge in [-0.15, -0.1) is 11.8 Å². The first-order chi connectivity index (χ1) is 10.2. The zero-order valence-corrected chi connectivity index (χ0v) is 13.6. The van der Waals surface area contributed by atoms with Gasteiger partial charge >= 0.3 is 0 Å².